The minimum absolute atomic E-state index is 0.0946. The molecule has 0 aliphatic heterocycles. The molecule has 1 saturated carbocycles. The Morgan fingerprint density at radius 3 is 2.67 bits per heavy atom. The van der Waals surface area contributed by atoms with E-state index in [1.54, 1.807) is 6.92 Å². The van der Waals surface area contributed by atoms with Gasteiger partial charge in [-0.25, -0.2) is 0 Å². The van der Waals surface area contributed by atoms with Crippen LogP contribution in [0.2, 0.25) is 0 Å². The molecule has 0 radical (unpaired) electrons. The maximum atomic E-state index is 10.5. The lowest BCUT2D eigenvalue weighted by molar-refractivity contribution is -0.118. The van der Waals surface area contributed by atoms with E-state index in [2.05, 4.69) is 5.32 Å². The molecular weight excluding hydrogens is 150 g/mol. The van der Waals surface area contributed by atoms with Crippen LogP contribution in [0.1, 0.15) is 45.4 Å². The van der Waals surface area contributed by atoms with Gasteiger partial charge in [0.25, 0.3) is 0 Å². The summed E-state index contributed by atoms with van der Waals surface area (Å²) in [5, 5.41) is 2.81. The van der Waals surface area contributed by atoms with E-state index in [0.717, 1.165) is 18.9 Å². The van der Waals surface area contributed by atoms with Gasteiger partial charge in [0, 0.05) is 13.5 Å². The second-order valence-electron chi connectivity index (χ2n) is 3.78. The molecular formula is C10H19NO. The second kappa shape index (κ2) is 5.18. The molecule has 2 heteroatoms. The average molecular weight is 169 g/mol. The maximum Gasteiger partial charge on any atom is 0.216 e. The maximum absolute atomic E-state index is 10.5. The molecule has 1 rings (SSSR count). The smallest absolute Gasteiger partial charge is 0.216 e. The van der Waals surface area contributed by atoms with Crippen LogP contribution < -0.4 is 5.32 Å². The zero-order valence-electron chi connectivity index (χ0n) is 7.94. The zero-order chi connectivity index (χ0) is 8.81. The SMILES string of the molecule is CC(=O)NCCCCCC1CC1. The van der Waals surface area contributed by atoms with Crippen molar-refractivity contribution in [3.05, 3.63) is 0 Å². The molecule has 1 N–H and O–H groups in total. The molecule has 12 heavy (non-hydrogen) atoms. The lowest BCUT2D eigenvalue weighted by Gasteiger charge is -2.01. The van der Waals surface area contributed by atoms with Gasteiger partial charge in [-0.1, -0.05) is 32.1 Å². The van der Waals surface area contributed by atoms with E-state index < -0.39 is 0 Å². The Kier molecular flexibility index (Phi) is 4.12. The zero-order valence-corrected chi connectivity index (χ0v) is 7.94. The van der Waals surface area contributed by atoms with Crippen LogP contribution in [0.15, 0.2) is 0 Å². The van der Waals surface area contributed by atoms with Gasteiger partial charge in [-0.15, -0.1) is 0 Å². The van der Waals surface area contributed by atoms with E-state index in [0.29, 0.717) is 0 Å². The van der Waals surface area contributed by atoms with Gasteiger partial charge in [0.1, 0.15) is 0 Å². The fourth-order valence-electron chi connectivity index (χ4n) is 1.41. The summed E-state index contributed by atoms with van der Waals surface area (Å²) < 4.78 is 0. The normalized spacial score (nSPS) is 16.1. The van der Waals surface area contributed by atoms with Crippen LogP contribution in [0.5, 0.6) is 0 Å². The largest absolute Gasteiger partial charge is 0.356 e. The van der Waals surface area contributed by atoms with Crippen molar-refractivity contribution in [2.75, 3.05) is 6.54 Å². The predicted molar refractivity (Wildman–Crippen MR) is 49.9 cm³/mol. The second-order valence-corrected chi connectivity index (χ2v) is 3.78. The molecule has 1 amide bonds. The number of hydrogen-bond donors (Lipinski definition) is 1. The summed E-state index contributed by atoms with van der Waals surface area (Å²) in [5.74, 6) is 1.16. The van der Waals surface area contributed by atoms with Gasteiger partial charge in [0.15, 0.2) is 0 Å². The van der Waals surface area contributed by atoms with Crippen LogP contribution in [0, 0.1) is 5.92 Å². The van der Waals surface area contributed by atoms with E-state index in [9.17, 15) is 4.79 Å². The third kappa shape index (κ3) is 5.16. The van der Waals surface area contributed by atoms with E-state index in [1.165, 1.54) is 32.1 Å². The summed E-state index contributed by atoms with van der Waals surface area (Å²) in [4.78, 5) is 10.5. The fourth-order valence-corrected chi connectivity index (χ4v) is 1.41. The molecule has 0 spiro atoms. The number of amides is 1. The Balaban J connectivity index is 1.73. The van der Waals surface area contributed by atoms with Gasteiger partial charge >= 0.3 is 0 Å². The van der Waals surface area contributed by atoms with E-state index in [-0.39, 0.29) is 5.91 Å². The van der Waals surface area contributed by atoms with Crippen molar-refractivity contribution < 1.29 is 4.79 Å². The molecule has 0 aromatic heterocycles. The summed E-state index contributed by atoms with van der Waals surface area (Å²) in [6.45, 7) is 2.43. The lowest BCUT2D eigenvalue weighted by Crippen LogP contribution is -2.20. The van der Waals surface area contributed by atoms with E-state index in [1.807, 2.05) is 0 Å². The molecule has 2 nitrogen and oxygen atoms in total. The Morgan fingerprint density at radius 1 is 1.33 bits per heavy atom. The Bertz CT molecular complexity index is 141. The van der Waals surface area contributed by atoms with Crippen molar-refractivity contribution in [3.63, 3.8) is 0 Å². The lowest BCUT2D eigenvalue weighted by atomic mass is 10.1. The molecule has 0 bridgehead atoms. The summed E-state index contributed by atoms with van der Waals surface area (Å²) in [6, 6.07) is 0. The molecule has 0 aromatic carbocycles. The Hall–Kier alpha value is -0.530. The van der Waals surface area contributed by atoms with Crippen molar-refractivity contribution in [1.29, 1.82) is 0 Å². The summed E-state index contributed by atoms with van der Waals surface area (Å²) in [6.07, 6.45) is 8.12. The van der Waals surface area contributed by atoms with Crippen LogP contribution in [-0.4, -0.2) is 12.5 Å². The Labute approximate surface area is 74.7 Å². The van der Waals surface area contributed by atoms with Crippen LogP contribution in [0.4, 0.5) is 0 Å². The molecule has 0 atom stereocenters. The van der Waals surface area contributed by atoms with Gasteiger partial charge in [0.2, 0.25) is 5.91 Å². The molecule has 0 saturated heterocycles. The Morgan fingerprint density at radius 2 is 2.08 bits per heavy atom. The number of carbonyl (C=O) groups excluding carboxylic acids is 1. The van der Waals surface area contributed by atoms with Gasteiger partial charge in [-0.3, -0.25) is 4.79 Å². The van der Waals surface area contributed by atoms with Crippen LogP contribution >= 0.6 is 0 Å². The molecule has 0 unspecified atom stereocenters. The van der Waals surface area contributed by atoms with Crippen molar-refractivity contribution in [2.24, 2.45) is 5.92 Å². The first-order chi connectivity index (χ1) is 5.79. The molecule has 0 heterocycles. The topological polar surface area (TPSA) is 29.1 Å². The molecule has 1 aliphatic rings. The van der Waals surface area contributed by atoms with Gasteiger partial charge in [-0.2, -0.15) is 0 Å². The van der Waals surface area contributed by atoms with Crippen LogP contribution in [-0.2, 0) is 4.79 Å². The van der Waals surface area contributed by atoms with Crippen molar-refractivity contribution in [2.45, 2.75) is 45.4 Å². The first kappa shape index (κ1) is 9.56. The first-order valence-corrected chi connectivity index (χ1v) is 5.03. The average Bonchev–Trinajstić information content (AvgIpc) is 2.79. The minimum atomic E-state index is 0.0946. The third-order valence-electron chi connectivity index (χ3n) is 2.36. The highest BCUT2D eigenvalue weighted by Gasteiger charge is 2.19. The fraction of sp³-hybridized carbons (Fsp3) is 0.900. The van der Waals surface area contributed by atoms with Crippen LogP contribution in [0.25, 0.3) is 0 Å². The highest BCUT2D eigenvalue weighted by atomic mass is 16.1. The number of rotatable bonds is 6. The van der Waals surface area contributed by atoms with Gasteiger partial charge in [0.05, 0.1) is 0 Å². The predicted octanol–water partition coefficient (Wildman–Crippen LogP) is 2.09. The van der Waals surface area contributed by atoms with E-state index in [4.69, 9.17) is 0 Å². The first-order valence-electron chi connectivity index (χ1n) is 5.03. The van der Waals surface area contributed by atoms with Crippen LogP contribution in [0.3, 0.4) is 0 Å². The molecule has 1 aliphatic carbocycles. The monoisotopic (exact) mass is 169 g/mol. The van der Waals surface area contributed by atoms with Crippen molar-refractivity contribution in [3.8, 4) is 0 Å². The third-order valence-corrected chi connectivity index (χ3v) is 2.36. The number of carbonyl (C=O) groups is 1. The number of unbranched alkanes of at least 4 members (excludes halogenated alkanes) is 2. The highest BCUT2D eigenvalue weighted by Crippen LogP contribution is 2.33. The summed E-state index contributed by atoms with van der Waals surface area (Å²) >= 11 is 0. The van der Waals surface area contributed by atoms with Crippen molar-refractivity contribution >= 4 is 5.91 Å². The quantitative estimate of drug-likeness (QED) is 0.606. The molecule has 70 valence electrons. The van der Waals surface area contributed by atoms with E-state index >= 15 is 0 Å². The van der Waals surface area contributed by atoms with Gasteiger partial charge in [-0.05, 0) is 12.3 Å². The number of hydrogen-bond acceptors (Lipinski definition) is 1. The molecule has 1 fully saturated rings. The summed E-state index contributed by atoms with van der Waals surface area (Å²) in [7, 11) is 0. The molecule has 0 aromatic rings. The highest BCUT2D eigenvalue weighted by molar-refractivity contribution is 5.72. The summed E-state index contributed by atoms with van der Waals surface area (Å²) in [5.41, 5.74) is 0. The minimum Gasteiger partial charge on any atom is -0.356 e. The number of nitrogens with one attached hydrogen (secondary N) is 1. The van der Waals surface area contributed by atoms with Gasteiger partial charge < -0.3 is 5.32 Å². The van der Waals surface area contributed by atoms with Crippen molar-refractivity contribution in [1.82, 2.24) is 5.32 Å². The standard InChI is InChI=1S/C10H19NO/c1-9(12)11-8-4-2-3-5-10-6-7-10/h10H,2-8H2,1H3,(H,11,12).